The van der Waals surface area contributed by atoms with Gasteiger partial charge in [-0.25, -0.2) is 4.68 Å². The molecule has 3 aromatic carbocycles. The SMILES string of the molecule is O=C(Cn1nnnc1-c1ccccc1)NC(C(=O)Nc1ccccc1)c1ccccc1. The molecule has 0 saturated carbocycles. The summed E-state index contributed by atoms with van der Waals surface area (Å²) >= 11 is 0. The van der Waals surface area contributed by atoms with Crippen molar-refractivity contribution in [2.45, 2.75) is 12.6 Å². The Morgan fingerprint density at radius 1 is 0.839 bits per heavy atom. The third kappa shape index (κ3) is 4.99. The lowest BCUT2D eigenvalue weighted by Crippen LogP contribution is -2.38. The highest BCUT2D eigenvalue weighted by molar-refractivity contribution is 5.97. The molecule has 0 aliphatic carbocycles. The van der Waals surface area contributed by atoms with Crippen LogP contribution in [0.25, 0.3) is 11.4 Å². The van der Waals surface area contributed by atoms with Crippen molar-refractivity contribution in [2.24, 2.45) is 0 Å². The summed E-state index contributed by atoms with van der Waals surface area (Å²) < 4.78 is 1.40. The zero-order valence-electron chi connectivity index (χ0n) is 16.6. The molecule has 154 valence electrons. The second-order valence-corrected chi connectivity index (χ2v) is 6.79. The van der Waals surface area contributed by atoms with Gasteiger partial charge in [-0.3, -0.25) is 9.59 Å². The second kappa shape index (κ2) is 9.45. The number of hydrogen-bond acceptors (Lipinski definition) is 5. The Hall–Kier alpha value is -4.33. The Morgan fingerprint density at radius 3 is 2.13 bits per heavy atom. The summed E-state index contributed by atoms with van der Waals surface area (Å²) in [6.07, 6.45) is 0. The Morgan fingerprint density at radius 2 is 1.45 bits per heavy atom. The van der Waals surface area contributed by atoms with Crippen LogP contribution in [0.5, 0.6) is 0 Å². The van der Waals surface area contributed by atoms with Gasteiger partial charge in [0, 0.05) is 11.3 Å². The largest absolute Gasteiger partial charge is 0.339 e. The lowest BCUT2D eigenvalue weighted by molar-refractivity contribution is -0.127. The Bertz CT molecular complexity index is 1150. The first-order chi connectivity index (χ1) is 15.2. The van der Waals surface area contributed by atoms with Crippen molar-refractivity contribution >= 4 is 17.5 Å². The first-order valence-electron chi connectivity index (χ1n) is 9.72. The Kier molecular flexibility index (Phi) is 6.08. The Labute approximate surface area is 178 Å². The zero-order valence-corrected chi connectivity index (χ0v) is 16.6. The number of tetrazole rings is 1. The molecule has 2 amide bonds. The molecule has 1 aromatic heterocycles. The van der Waals surface area contributed by atoms with Gasteiger partial charge < -0.3 is 10.6 Å². The van der Waals surface area contributed by atoms with Gasteiger partial charge in [-0.05, 0) is 28.1 Å². The van der Waals surface area contributed by atoms with E-state index in [1.165, 1.54) is 4.68 Å². The van der Waals surface area contributed by atoms with Crippen LogP contribution in [0.15, 0.2) is 91.0 Å². The number of rotatable bonds is 7. The van der Waals surface area contributed by atoms with Crippen LogP contribution in [-0.4, -0.2) is 32.0 Å². The predicted octanol–water partition coefficient (Wildman–Crippen LogP) is 2.84. The monoisotopic (exact) mass is 412 g/mol. The minimum absolute atomic E-state index is 0.126. The normalized spacial score (nSPS) is 11.5. The third-order valence-electron chi connectivity index (χ3n) is 4.60. The van der Waals surface area contributed by atoms with Crippen LogP contribution in [0.4, 0.5) is 5.69 Å². The molecule has 31 heavy (non-hydrogen) atoms. The molecule has 0 aliphatic heterocycles. The number of hydrogen-bond donors (Lipinski definition) is 2. The van der Waals surface area contributed by atoms with Crippen molar-refractivity contribution in [3.05, 3.63) is 96.6 Å². The van der Waals surface area contributed by atoms with Crippen molar-refractivity contribution in [1.82, 2.24) is 25.5 Å². The van der Waals surface area contributed by atoms with E-state index in [1.807, 2.05) is 66.7 Å². The molecule has 4 rings (SSSR count). The van der Waals surface area contributed by atoms with Gasteiger partial charge in [0.15, 0.2) is 5.82 Å². The highest BCUT2D eigenvalue weighted by Crippen LogP contribution is 2.17. The number of amides is 2. The van der Waals surface area contributed by atoms with Gasteiger partial charge in [0.1, 0.15) is 12.6 Å². The predicted molar refractivity (Wildman–Crippen MR) is 116 cm³/mol. The van der Waals surface area contributed by atoms with Crippen molar-refractivity contribution in [1.29, 1.82) is 0 Å². The van der Waals surface area contributed by atoms with E-state index in [9.17, 15) is 9.59 Å². The summed E-state index contributed by atoms with van der Waals surface area (Å²) in [4.78, 5) is 25.8. The van der Waals surface area contributed by atoms with E-state index in [2.05, 4.69) is 26.2 Å². The van der Waals surface area contributed by atoms with Gasteiger partial charge in [-0.1, -0.05) is 78.9 Å². The zero-order chi connectivity index (χ0) is 21.5. The van der Waals surface area contributed by atoms with Crippen LogP contribution in [0, 0.1) is 0 Å². The maximum absolute atomic E-state index is 13.0. The number of anilines is 1. The first-order valence-corrected chi connectivity index (χ1v) is 9.72. The van der Waals surface area contributed by atoms with Crippen LogP contribution in [0.2, 0.25) is 0 Å². The topological polar surface area (TPSA) is 102 Å². The van der Waals surface area contributed by atoms with E-state index >= 15 is 0 Å². The summed E-state index contributed by atoms with van der Waals surface area (Å²) in [7, 11) is 0. The summed E-state index contributed by atoms with van der Waals surface area (Å²) in [5.41, 5.74) is 2.11. The highest BCUT2D eigenvalue weighted by Gasteiger charge is 2.24. The maximum Gasteiger partial charge on any atom is 0.251 e. The number of aromatic nitrogens is 4. The molecule has 8 nitrogen and oxygen atoms in total. The fourth-order valence-corrected chi connectivity index (χ4v) is 3.13. The van der Waals surface area contributed by atoms with E-state index in [0.717, 1.165) is 5.56 Å². The summed E-state index contributed by atoms with van der Waals surface area (Å²) in [5.74, 6) is -0.256. The van der Waals surface area contributed by atoms with Crippen LogP contribution in [-0.2, 0) is 16.1 Å². The molecule has 1 heterocycles. The number of nitrogens with zero attached hydrogens (tertiary/aromatic N) is 4. The molecule has 1 atom stereocenters. The van der Waals surface area contributed by atoms with Crippen LogP contribution >= 0.6 is 0 Å². The number of carbonyl (C=O) groups is 2. The third-order valence-corrected chi connectivity index (χ3v) is 4.60. The van der Waals surface area contributed by atoms with E-state index in [-0.39, 0.29) is 18.4 Å². The van der Waals surface area contributed by atoms with E-state index in [1.54, 1.807) is 24.3 Å². The van der Waals surface area contributed by atoms with Gasteiger partial charge in [0.25, 0.3) is 5.91 Å². The molecule has 0 radical (unpaired) electrons. The van der Waals surface area contributed by atoms with Crippen molar-refractivity contribution in [3.63, 3.8) is 0 Å². The van der Waals surface area contributed by atoms with E-state index in [0.29, 0.717) is 17.1 Å². The van der Waals surface area contributed by atoms with Crippen molar-refractivity contribution < 1.29 is 9.59 Å². The lowest BCUT2D eigenvalue weighted by atomic mass is 10.1. The molecule has 0 saturated heterocycles. The molecule has 0 bridgehead atoms. The van der Waals surface area contributed by atoms with Gasteiger partial charge in [0.2, 0.25) is 5.91 Å². The molecular weight excluding hydrogens is 392 g/mol. The van der Waals surface area contributed by atoms with Crippen LogP contribution in [0.3, 0.4) is 0 Å². The van der Waals surface area contributed by atoms with Crippen LogP contribution in [0.1, 0.15) is 11.6 Å². The number of nitrogens with one attached hydrogen (secondary N) is 2. The smallest absolute Gasteiger partial charge is 0.251 e. The first kappa shape index (κ1) is 20.0. The molecular formula is C23H20N6O2. The van der Waals surface area contributed by atoms with Crippen molar-refractivity contribution in [2.75, 3.05) is 5.32 Å². The quantitative estimate of drug-likeness (QED) is 0.486. The molecule has 8 heteroatoms. The average Bonchev–Trinajstić information content (AvgIpc) is 3.27. The summed E-state index contributed by atoms with van der Waals surface area (Å²) in [5, 5.41) is 17.3. The van der Waals surface area contributed by atoms with Crippen LogP contribution < -0.4 is 10.6 Å². The lowest BCUT2D eigenvalue weighted by Gasteiger charge is -2.19. The highest BCUT2D eigenvalue weighted by atomic mass is 16.2. The molecule has 0 aliphatic rings. The van der Waals surface area contributed by atoms with Gasteiger partial charge in [0.05, 0.1) is 0 Å². The minimum Gasteiger partial charge on any atom is -0.339 e. The molecule has 1 unspecified atom stereocenters. The van der Waals surface area contributed by atoms with Crippen molar-refractivity contribution in [3.8, 4) is 11.4 Å². The maximum atomic E-state index is 13.0. The molecule has 4 aromatic rings. The molecule has 2 N–H and O–H groups in total. The van der Waals surface area contributed by atoms with Gasteiger partial charge in [-0.15, -0.1) is 5.10 Å². The summed E-state index contributed by atoms with van der Waals surface area (Å²) in [6.45, 7) is -0.126. The number of para-hydroxylation sites is 1. The molecule has 0 fully saturated rings. The van der Waals surface area contributed by atoms with Gasteiger partial charge >= 0.3 is 0 Å². The number of carbonyl (C=O) groups excluding carboxylic acids is 2. The minimum atomic E-state index is -0.870. The fourth-order valence-electron chi connectivity index (χ4n) is 3.13. The number of benzene rings is 3. The van der Waals surface area contributed by atoms with E-state index < -0.39 is 6.04 Å². The molecule has 0 spiro atoms. The average molecular weight is 412 g/mol. The fraction of sp³-hybridized carbons (Fsp3) is 0.0870. The Balaban J connectivity index is 1.52. The van der Waals surface area contributed by atoms with E-state index in [4.69, 9.17) is 0 Å². The standard InChI is InChI=1S/C23H20N6O2/c30-20(16-29-22(26-27-28-29)18-12-6-2-7-13-18)25-21(17-10-4-1-5-11-17)23(31)24-19-14-8-3-9-15-19/h1-15,21H,16H2,(H,24,31)(H,25,30). The summed E-state index contributed by atoms with van der Waals surface area (Å²) in [6, 6.07) is 26.6. The van der Waals surface area contributed by atoms with Gasteiger partial charge in [-0.2, -0.15) is 0 Å². The second-order valence-electron chi connectivity index (χ2n) is 6.79.